The molecule has 1 aliphatic heterocycles. The van der Waals surface area contributed by atoms with E-state index in [1.54, 1.807) is 0 Å². The molecule has 0 amide bonds. The lowest BCUT2D eigenvalue weighted by Gasteiger charge is -2.21. The van der Waals surface area contributed by atoms with Crippen molar-refractivity contribution in [2.24, 2.45) is 0 Å². The smallest absolute Gasteiger partial charge is 0.0897 e. The number of hydrogen-bond donors (Lipinski definition) is 0. The van der Waals surface area contributed by atoms with E-state index in [4.69, 9.17) is 0 Å². The fourth-order valence-electron chi connectivity index (χ4n) is 2.50. The van der Waals surface area contributed by atoms with Crippen LogP contribution in [0.25, 0.3) is 6.08 Å². The molecule has 2 rings (SSSR count). The first-order chi connectivity index (χ1) is 9.81. The van der Waals surface area contributed by atoms with Crippen molar-refractivity contribution >= 4 is 6.08 Å². The summed E-state index contributed by atoms with van der Waals surface area (Å²) < 4.78 is 0. The van der Waals surface area contributed by atoms with E-state index in [1.165, 1.54) is 43.4 Å². The van der Waals surface area contributed by atoms with Gasteiger partial charge in [0.15, 0.2) is 0 Å². The Hall–Kier alpha value is -1.70. The lowest BCUT2D eigenvalue weighted by atomic mass is 10.1. The molecule has 0 N–H and O–H groups in total. The van der Waals surface area contributed by atoms with Gasteiger partial charge >= 0.3 is 0 Å². The predicted molar refractivity (Wildman–Crippen MR) is 86.9 cm³/mol. The van der Waals surface area contributed by atoms with Gasteiger partial charge in [-0.2, -0.15) is 0 Å². The molecule has 0 bridgehead atoms. The third kappa shape index (κ3) is 4.44. The molecule has 2 heteroatoms. The summed E-state index contributed by atoms with van der Waals surface area (Å²) in [5, 5.41) is 0. The lowest BCUT2D eigenvalue weighted by Crippen LogP contribution is -2.25. The first-order valence-electron chi connectivity index (χ1n) is 7.69. The van der Waals surface area contributed by atoms with Crippen LogP contribution in [-0.4, -0.2) is 23.0 Å². The van der Waals surface area contributed by atoms with Gasteiger partial charge in [0.2, 0.25) is 0 Å². The van der Waals surface area contributed by atoms with Crippen molar-refractivity contribution in [1.29, 1.82) is 0 Å². The van der Waals surface area contributed by atoms with Gasteiger partial charge in [-0.1, -0.05) is 63.1 Å². The van der Waals surface area contributed by atoms with Crippen LogP contribution in [0.4, 0.5) is 0 Å². The Bertz CT molecular complexity index is 433. The Balaban J connectivity index is 1.73. The second-order valence-electron chi connectivity index (χ2n) is 5.51. The van der Waals surface area contributed by atoms with Crippen LogP contribution in [0.3, 0.4) is 0 Å². The lowest BCUT2D eigenvalue weighted by molar-refractivity contribution is 0.256. The van der Waals surface area contributed by atoms with Gasteiger partial charge in [-0.3, -0.25) is 0 Å². The zero-order valence-electron chi connectivity index (χ0n) is 12.6. The Labute approximate surface area is 123 Å². The molecule has 0 aromatic heterocycles. The molecule has 0 aliphatic carbocycles. The average Bonchev–Trinajstić information content (AvgIpc) is 2.92. The second kappa shape index (κ2) is 7.78. The first kappa shape index (κ1) is 14.7. The van der Waals surface area contributed by atoms with Gasteiger partial charge < -0.3 is 9.80 Å². The minimum atomic E-state index is 0.985. The molecule has 0 unspecified atom stereocenters. The van der Waals surface area contributed by atoms with Crippen LogP contribution in [0.2, 0.25) is 0 Å². The molecular formula is C18H26N2. The van der Waals surface area contributed by atoms with Crippen LogP contribution in [0.1, 0.15) is 43.7 Å². The largest absolute Gasteiger partial charge is 0.359 e. The summed E-state index contributed by atoms with van der Waals surface area (Å²) >= 11 is 0. The van der Waals surface area contributed by atoms with E-state index in [2.05, 4.69) is 60.0 Å². The number of rotatable bonds is 8. The van der Waals surface area contributed by atoms with E-state index in [9.17, 15) is 0 Å². The molecule has 1 aromatic rings. The summed E-state index contributed by atoms with van der Waals surface area (Å²) in [4.78, 5) is 4.77. The molecular weight excluding hydrogens is 244 g/mol. The summed E-state index contributed by atoms with van der Waals surface area (Å²) in [5.74, 6) is 0. The summed E-state index contributed by atoms with van der Waals surface area (Å²) in [6.45, 7) is 9.24. The molecule has 0 atom stereocenters. The van der Waals surface area contributed by atoms with Gasteiger partial charge in [-0.25, -0.2) is 0 Å². The summed E-state index contributed by atoms with van der Waals surface area (Å²) in [5.41, 5.74) is 2.54. The molecule has 0 saturated heterocycles. The maximum atomic E-state index is 3.79. The van der Waals surface area contributed by atoms with Crippen LogP contribution < -0.4 is 0 Å². The topological polar surface area (TPSA) is 6.48 Å². The third-order valence-corrected chi connectivity index (χ3v) is 3.75. The number of benzene rings is 1. The van der Waals surface area contributed by atoms with E-state index in [0.717, 1.165) is 13.2 Å². The highest BCUT2D eigenvalue weighted by atomic mass is 15.3. The highest BCUT2D eigenvalue weighted by Crippen LogP contribution is 2.14. The average molecular weight is 270 g/mol. The maximum absolute atomic E-state index is 3.79. The van der Waals surface area contributed by atoms with E-state index in [0.29, 0.717) is 0 Å². The molecule has 20 heavy (non-hydrogen) atoms. The standard InChI is InChI=1S/C18H26N2/c1-3-5-6-7-12-19-13-14-20(16-19)15-18-10-8-17(4-2)9-11-18/h4,8-11,13-14H,2-3,5-7,12,15-16H2,1H3. The van der Waals surface area contributed by atoms with Crippen molar-refractivity contribution in [2.45, 2.75) is 39.2 Å². The van der Waals surface area contributed by atoms with Crippen molar-refractivity contribution in [1.82, 2.24) is 9.80 Å². The van der Waals surface area contributed by atoms with Crippen molar-refractivity contribution in [3.63, 3.8) is 0 Å². The number of nitrogens with zero attached hydrogens (tertiary/aromatic N) is 2. The summed E-state index contributed by atoms with van der Waals surface area (Å²) in [6.07, 6.45) is 11.6. The van der Waals surface area contributed by atoms with E-state index in [-0.39, 0.29) is 0 Å². The molecule has 0 fully saturated rings. The number of unbranched alkanes of at least 4 members (excludes halogenated alkanes) is 3. The highest BCUT2D eigenvalue weighted by molar-refractivity contribution is 5.47. The zero-order valence-corrected chi connectivity index (χ0v) is 12.6. The Morgan fingerprint density at radius 1 is 1.05 bits per heavy atom. The maximum Gasteiger partial charge on any atom is 0.0897 e. The SMILES string of the molecule is C=Cc1ccc(CN2C=CN(CCCCCC)C2)cc1. The fraction of sp³-hybridized carbons (Fsp3) is 0.444. The number of hydrogen-bond acceptors (Lipinski definition) is 2. The quantitative estimate of drug-likeness (QED) is 0.644. The minimum Gasteiger partial charge on any atom is -0.359 e. The molecule has 2 nitrogen and oxygen atoms in total. The molecule has 108 valence electrons. The van der Waals surface area contributed by atoms with Crippen molar-refractivity contribution in [3.05, 3.63) is 54.4 Å². The van der Waals surface area contributed by atoms with Gasteiger partial charge in [-0.05, 0) is 17.5 Å². The van der Waals surface area contributed by atoms with Gasteiger partial charge in [-0.15, -0.1) is 0 Å². The van der Waals surface area contributed by atoms with Crippen molar-refractivity contribution in [2.75, 3.05) is 13.2 Å². The van der Waals surface area contributed by atoms with Crippen molar-refractivity contribution in [3.8, 4) is 0 Å². The van der Waals surface area contributed by atoms with Gasteiger partial charge in [0, 0.05) is 25.5 Å². The Morgan fingerprint density at radius 3 is 2.50 bits per heavy atom. The van der Waals surface area contributed by atoms with Crippen molar-refractivity contribution < 1.29 is 0 Å². The normalized spacial score (nSPS) is 14.1. The van der Waals surface area contributed by atoms with E-state index < -0.39 is 0 Å². The Morgan fingerprint density at radius 2 is 1.80 bits per heavy atom. The fourth-order valence-corrected chi connectivity index (χ4v) is 2.50. The molecule has 1 aliphatic rings. The Kier molecular flexibility index (Phi) is 5.72. The third-order valence-electron chi connectivity index (χ3n) is 3.75. The predicted octanol–water partition coefficient (Wildman–Crippen LogP) is 4.46. The van der Waals surface area contributed by atoms with Crippen LogP contribution in [-0.2, 0) is 6.54 Å². The van der Waals surface area contributed by atoms with Gasteiger partial charge in [0.05, 0.1) is 6.67 Å². The van der Waals surface area contributed by atoms with Crippen LogP contribution in [0, 0.1) is 0 Å². The zero-order chi connectivity index (χ0) is 14.2. The van der Waals surface area contributed by atoms with E-state index >= 15 is 0 Å². The molecule has 1 aromatic carbocycles. The monoisotopic (exact) mass is 270 g/mol. The van der Waals surface area contributed by atoms with Gasteiger partial charge in [0.1, 0.15) is 0 Å². The summed E-state index contributed by atoms with van der Waals surface area (Å²) in [6, 6.07) is 8.64. The second-order valence-corrected chi connectivity index (χ2v) is 5.51. The molecule has 1 heterocycles. The van der Waals surface area contributed by atoms with Crippen LogP contribution >= 0.6 is 0 Å². The first-order valence-corrected chi connectivity index (χ1v) is 7.69. The minimum absolute atomic E-state index is 0.985. The van der Waals surface area contributed by atoms with E-state index in [1.807, 2.05) is 6.08 Å². The molecule has 0 saturated carbocycles. The van der Waals surface area contributed by atoms with Crippen LogP contribution in [0.15, 0.2) is 43.2 Å². The molecule has 0 radical (unpaired) electrons. The summed E-state index contributed by atoms with van der Waals surface area (Å²) in [7, 11) is 0. The van der Waals surface area contributed by atoms with Gasteiger partial charge in [0.25, 0.3) is 0 Å². The van der Waals surface area contributed by atoms with Crippen LogP contribution in [0.5, 0.6) is 0 Å². The highest BCUT2D eigenvalue weighted by Gasteiger charge is 2.11. The molecule has 0 spiro atoms.